The fraction of sp³-hybridized carbons (Fsp3) is 0. The van der Waals surface area contributed by atoms with Crippen molar-refractivity contribution in [1.82, 2.24) is 9.55 Å². The Labute approximate surface area is 103 Å². The summed E-state index contributed by atoms with van der Waals surface area (Å²) in [5.74, 6) is -1.39. The first-order valence-electron chi connectivity index (χ1n) is 4.52. The molecule has 1 aromatic carbocycles. The third kappa shape index (κ3) is 2.50. The average molecular weight is 302 g/mol. The number of rotatable bonds is 1. The zero-order chi connectivity index (χ0) is 12.4. The van der Waals surface area contributed by atoms with Gasteiger partial charge in [-0.05, 0) is 22.0 Å². The minimum Gasteiger partial charge on any atom is -0.304 e. The number of halogens is 3. The number of nitrogens with zero attached hydrogens (tertiary/aromatic N) is 2. The van der Waals surface area contributed by atoms with Crippen molar-refractivity contribution in [2.24, 2.45) is 0 Å². The predicted molar refractivity (Wildman–Crippen MR) is 60.7 cm³/mol. The summed E-state index contributed by atoms with van der Waals surface area (Å²) >= 11 is 2.84. The van der Waals surface area contributed by atoms with E-state index in [9.17, 15) is 13.6 Å². The maximum absolute atomic E-state index is 13.4. The molecule has 2 rings (SSSR count). The summed E-state index contributed by atoms with van der Waals surface area (Å²) in [6, 6.07) is 1.22. The second-order valence-corrected chi connectivity index (χ2v) is 4.00. The second kappa shape index (κ2) is 4.62. The van der Waals surface area contributed by atoms with Crippen LogP contribution in [0.25, 0.3) is 0 Å². The Hall–Kier alpha value is -1.76. The van der Waals surface area contributed by atoms with E-state index in [-0.39, 0.29) is 10.2 Å². The van der Waals surface area contributed by atoms with Crippen LogP contribution in [0.3, 0.4) is 0 Å². The molecule has 0 aliphatic rings. The molecular weight excluding hydrogens is 296 g/mol. The number of amides is 1. The van der Waals surface area contributed by atoms with E-state index in [4.69, 9.17) is 0 Å². The minimum atomic E-state index is -0.730. The molecular formula is C10H6BrF2N3O. The molecule has 0 radical (unpaired) electrons. The van der Waals surface area contributed by atoms with Crippen LogP contribution in [0.15, 0.2) is 35.3 Å². The van der Waals surface area contributed by atoms with Crippen molar-refractivity contribution in [2.45, 2.75) is 0 Å². The van der Waals surface area contributed by atoms with Gasteiger partial charge in [-0.1, -0.05) is 0 Å². The number of carbonyl (C=O) groups is 1. The molecule has 17 heavy (non-hydrogen) atoms. The molecule has 0 fully saturated rings. The van der Waals surface area contributed by atoms with Gasteiger partial charge in [0, 0.05) is 18.5 Å². The van der Waals surface area contributed by atoms with Crippen LogP contribution in [0.5, 0.6) is 0 Å². The van der Waals surface area contributed by atoms with Crippen LogP contribution >= 0.6 is 15.9 Å². The van der Waals surface area contributed by atoms with E-state index in [1.165, 1.54) is 18.7 Å². The van der Waals surface area contributed by atoms with Crippen molar-refractivity contribution in [3.63, 3.8) is 0 Å². The van der Waals surface area contributed by atoms with Gasteiger partial charge in [0.05, 0.1) is 10.2 Å². The van der Waals surface area contributed by atoms with Crippen molar-refractivity contribution in [3.05, 3.63) is 47.0 Å². The Bertz CT molecular complexity index is 557. The van der Waals surface area contributed by atoms with Gasteiger partial charge in [-0.15, -0.1) is 0 Å². The third-order valence-electron chi connectivity index (χ3n) is 1.99. The highest BCUT2D eigenvalue weighted by Gasteiger charge is 2.11. The number of anilines is 1. The molecule has 0 saturated heterocycles. The zero-order valence-corrected chi connectivity index (χ0v) is 9.91. The first-order valence-corrected chi connectivity index (χ1v) is 5.31. The molecule has 2 aromatic rings. The summed E-state index contributed by atoms with van der Waals surface area (Å²) in [5, 5.41) is 2.23. The Morgan fingerprint density at radius 1 is 1.35 bits per heavy atom. The average Bonchev–Trinajstić information content (AvgIpc) is 2.79. The van der Waals surface area contributed by atoms with Gasteiger partial charge < -0.3 is 5.32 Å². The molecule has 88 valence electrons. The Morgan fingerprint density at radius 3 is 2.76 bits per heavy atom. The van der Waals surface area contributed by atoms with Crippen molar-refractivity contribution >= 4 is 27.6 Å². The van der Waals surface area contributed by atoms with E-state index in [1.54, 1.807) is 0 Å². The fourth-order valence-corrected chi connectivity index (χ4v) is 1.49. The van der Waals surface area contributed by atoms with Crippen LogP contribution in [-0.2, 0) is 0 Å². The number of hydrogen-bond donors (Lipinski definition) is 1. The number of hydrogen-bond acceptors (Lipinski definition) is 2. The predicted octanol–water partition coefficient (Wildman–Crippen LogP) is 3.00. The van der Waals surface area contributed by atoms with Gasteiger partial charge in [0.1, 0.15) is 18.0 Å². The van der Waals surface area contributed by atoms with E-state index in [0.29, 0.717) is 0 Å². The highest BCUT2D eigenvalue weighted by Crippen LogP contribution is 2.23. The molecule has 1 aromatic heterocycles. The summed E-state index contributed by atoms with van der Waals surface area (Å²) in [5.41, 5.74) is -0.232. The molecule has 7 heteroatoms. The number of imidazole rings is 1. The van der Waals surface area contributed by atoms with Crippen LogP contribution < -0.4 is 5.32 Å². The lowest BCUT2D eigenvalue weighted by molar-refractivity contribution is 0.253. The molecule has 0 aliphatic heterocycles. The zero-order valence-electron chi connectivity index (χ0n) is 8.32. The van der Waals surface area contributed by atoms with Gasteiger partial charge in [0.25, 0.3) is 0 Å². The number of carbonyl (C=O) groups excluding carboxylic acids is 1. The van der Waals surface area contributed by atoms with Crippen LogP contribution in [0.2, 0.25) is 0 Å². The Morgan fingerprint density at radius 2 is 2.12 bits per heavy atom. The van der Waals surface area contributed by atoms with E-state index in [2.05, 4.69) is 26.2 Å². The smallest absolute Gasteiger partial charge is 0.304 e. The maximum Gasteiger partial charge on any atom is 0.331 e. The van der Waals surface area contributed by atoms with Crippen molar-refractivity contribution in [3.8, 4) is 0 Å². The Kier molecular flexibility index (Phi) is 3.19. The van der Waals surface area contributed by atoms with E-state index >= 15 is 0 Å². The molecule has 1 heterocycles. The van der Waals surface area contributed by atoms with Crippen LogP contribution in [0.1, 0.15) is 0 Å². The lowest BCUT2D eigenvalue weighted by atomic mass is 10.3. The van der Waals surface area contributed by atoms with Crippen molar-refractivity contribution in [1.29, 1.82) is 0 Å². The summed E-state index contributed by atoms with van der Waals surface area (Å²) in [6.45, 7) is 0. The second-order valence-electron chi connectivity index (χ2n) is 3.15. The molecule has 4 nitrogen and oxygen atoms in total. The van der Waals surface area contributed by atoms with Gasteiger partial charge in [0.15, 0.2) is 0 Å². The van der Waals surface area contributed by atoms with Crippen molar-refractivity contribution < 1.29 is 13.6 Å². The van der Waals surface area contributed by atoms with Gasteiger partial charge in [-0.2, -0.15) is 0 Å². The number of nitrogens with one attached hydrogen (secondary N) is 1. The summed E-state index contributed by atoms with van der Waals surface area (Å²) in [4.78, 5) is 15.2. The molecule has 0 aliphatic carbocycles. The number of aromatic nitrogens is 2. The number of benzene rings is 1. The molecule has 0 unspecified atom stereocenters. The SMILES string of the molecule is O=C(Nc1cc(F)c(Br)cc1F)n1ccnc1. The monoisotopic (exact) mass is 301 g/mol. The van der Waals surface area contributed by atoms with Crippen molar-refractivity contribution in [2.75, 3.05) is 5.32 Å². The maximum atomic E-state index is 13.4. The van der Waals surface area contributed by atoms with Gasteiger partial charge in [-0.25, -0.2) is 18.6 Å². The van der Waals surface area contributed by atoms with E-state index < -0.39 is 17.7 Å². The largest absolute Gasteiger partial charge is 0.331 e. The van der Waals surface area contributed by atoms with Gasteiger partial charge in [0.2, 0.25) is 0 Å². The third-order valence-corrected chi connectivity index (χ3v) is 2.60. The van der Waals surface area contributed by atoms with Crippen LogP contribution in [0, 0.1) is 11.6 Å². The van der Waals surface area contributed by atoms with E-state index in [1.807, 2.05) is 0 Å². The minimum absolute atomic E-state index is 0.00405. The quantitative estimate of drug-likeness (QED) is 0.823. The molecule has 1 amide bonds. The van der Waals surface area contributed by atoms with Crippen LogP contribution in [0.4, 0.5) is 19.3 Å². The summed E-state index contributed by atoms with van der Waals surface area (Å²) < 4.78 is 27.7. The fourth-order valence-electron chi connectivity index (χ4n) is 1.18. The topological polar surface area (TPSA) is 46.9 Å². The standard InChI is InChI=1S/C10H6BrF2N3O/c11-6-3-8(13)9(4-7(6)12)15-10(17)16-2-1-14-5-16/h1-5H,(H,15,17). The highest BCUT2D eigenvalue weighted by atomic mass is 79.9. The highest BCUT2D eigenvalue weighted by molar-refractivity contribution is 9.10. The van der Waals surface area contributed by atoms with Gasteiger partial charge in [-0.3, -0.25) is 4.57 Å². The molecule has 0 spiro atoms. The lowest BCUT2D eigenvalue weighted by Crippen LogP contribution is -2.18. The van der Waals surface area contributed by atoms with Gasteiger partial charge >= 0.3 is 6.03 Å². The van der Waals surface area contributed by atoms with Crippen LogP contribution in [-0.4, -0.2) is 15.6 Å². The summed E-state index contributed by atoms with van der Waals surface area (Å²) in [6.07, 6.45) is 4.04. The summed E-state index contributed by atoms with van der Waals surface area (Å²) in [7, 11) is 0. The lowest BCUT2D eigenvalue weighted by Gasteiger charge is -2.07. The molecule has 0 atom stereocenters. The first kappa shape index (κ1) is 11.7. The first-order chi connectivity index (χ1) is 8.08. The molecule has 0 saturated carbocycles. The molecule has 0 bridgehead atoms. The Balaban J connectivity index is 2.25. The molecule has 1 N–H and O–H groups in total. The van der Waals surface area contributed by atoms with E-state index in [0.717, 1.165) is 16.7 Å². The normalized spacial score (nSPS) is 10.3.